The summed E-state index contributed by atoms with van der Waals surface area (Å²) in [5.74, 6) is -0.0144. The van der Waals surface area contributed by atoms with Gasteiger partial charge in [0.05, 0.1) is 4.90 Å². The van der Waals surface area contributed by atoms with Gasteiger partial charge in [-0.2, -0.15) is 0 Å². The first-order valence-electron chi connectivity index (χ1n) is 7.06. The third kappa shape index (κ3) is 3.44. The Kier molecular flexibility index (Phi) is 4.39. The average molecular weight is 310 g/mol. The number of aryl methyl sites for hydroxylation is 3. The van der Waals surface area contributed by atoms with E-state index in [1.165, 1.54) is 6.92 Å². The molecule has 0 radical (unpaired) electrons. The van der Waals surface area contributed by atoms with Crippen molar-refractivity contribution in [2.45, 2.75) is 45.1 Å². The molecule has 0 saturated carbocycles. The molecule has 5 nitrogen and oxygen atoms in total. The lowest BCUT2D eigenvalue weighted by molar-refractivity contribution is -0.127. The van der Waals surface area contributed by atoms with Crippen molar-refractivity contribution < 1.29 is 13.2 Å². The molecule has 1 aromatic carbocycles. The lowest BCUT2D eigenvalue weighted by atomic mass is 10.1. The van der Waals surface area contributed by atoms with E-state index in [9.17, 15) is 13.2 Å². The molecule has 6 heteroatoms. The molecule has 21 heavy (non-hydrogen) atoms. The normalized spacial score (nSPS) is 19.0. The van der Waals surface area contributed by atoms with E-state index in [-0.39, 0.29) is 11.9 Å². The van der Waals surface area contributed by atoms with Gasteiger partial charge in [0.25, 0.3) is 0 Å². The van der Waals surface area contributed by atoms with E-state index in [4.69, 9.17) is 0 Å². The van der Waals surface area contributed by atoms with E-state index in [0.717, 1.165) is 16.7 Å². The second-order valence-corrected chi connectivity index (χ2v) is 7.45. The summed E-state index contributed by atoms with van der Waals surface area (Å²) in [5, 5.41) is 0. The third-order valence-electron chi connectivity index (χ3n) is 3.83. The highest BCUT2D eigenvalue weighted by Gasteiger charge is 2.29. The topological polar surface area (TPSA) is 66.5 Å². The zero-order valence-electron chi connectivity index (χ0n) is 12.9. The quantitative estimate of drug-likeness (QED) is 0.920. The molecule has 116 valence electrons. The molecule has 1 unspecified atom stereocenters. The minimum Gasteiger partial charge on any atom is -0.341 e. The van der Waals surface area contributed by atoms with Gasteiger partial charge >= 0.3 is 0 Å². The Hall–Kier alpha value is -1.40. The van der Waals surface area contributed by atoms with Gasteiger partial charge in [0.15, 0.2) is 0 Å². The Morgan fingerprint density at radius 2 is 1.81 bits per heavy atom. The van der Waals surface area contributed by atoms with Gasteiger partial charge in [-0.3, -0.25) is 4.79 Å². The number of amides is 1. The highest BCUT2D eigenvalue weighted by atomic mass is 32.2. The van der Waals surface area contributed by atoms with Gasteiger partial charge in [-0.25, -0.2) is 13.1 Å². The molecule has 0 bridgehead atoms. The number of carbonyl (C=O) groups is 1. The number of nitrogens with zero attached hydrogens (tertiary/aromatic N) is 1. The number of hydrogen-bond acceptors (Lipinski definition) is 3. The van der Waals surface area contributed by atoms with Crippen molar-refractivity contribution in [3.8, 4) is 0 Å². The van der Waals surface area contributed by atoms with Crippen molar-refractivity contribution >= 4 is 15.9 Å². The van der Waals surface area contributed by atoms with Crippen molar-refractivity contribution in [2.24, 2.45) is 0 Å². The highest BCUT2D eigenvalue weighted by Crippen LogP contribution is 2.23. The SMILES string of the molecule is CC(=O)N1CCC(NS(=O)(=O)c2c(C)cc(C)cc2C)C1. The minimum absolute atomic E-state index is 0.0144. The van der Waals surface area contributed by atoms with E-state index >= 15 is 0 Å². The Labute approximate surface area is 126 Å². The lowest BCUT2D eigenvalue weighted by Gasteiger charge is -2.17. The predicted octanol–water partition coefficient (Wildman–Crippen LogP) is 1.51. The number of nitrogens with one attached hydrogen (secondary N) is 1. The van der Waals surface area contributed by atoms with E-state index in [2.05, 4.69) is 4.72 Å². The number of benzene rings is 1. The van der Waals surface area contributed by atoms with Crippen LogP contribution in [0.3, 0.4) is 0 Å². The summed E-state index contributed by atoms with van der Waals surface area (Å²) in [5.41, 5.74) is 2.55. The van der Waals surface area contributed by atoms with E-state index < -0.39 is 10.0 Å². The zero-order valence-corrected chi connectivity index (χ0v) is 13.8. The fourth-order valence-electron chi connectivity index (χ4n) is 3.01. The smallest absolute Gasteiger partial charge is 0.241 e. The largest absolute Gasteiger partial charge is 0.341 e. The lowest BCUT2D eigenvalue weighted by Crippen LogP contribution is -2.38. The van der Waals surface area contributed by atoms with Gasteiger partial charge < -0.3 is 4.90 Å². The molecule has 1 aliphatic rings. The van der Waals surface area contributed by atoms with Crippen LogP contribution in [0.5, 0.6) is 0 Å². The molecule has 2 rings (SSSR count). The van der Waals surface area contributed by atoms with Crippen LogP contribution in [0.2, 0.25) is 0 Å². The molecule has 1 amide bonds. The molecule has 1 aromatic rings. The summed E-state index contributed by atoms with van der Waals surface area (Å²) in [6, 6.07) is 3.54. The van der Waals surface area contributed by atoms with Crippen LogP contribution >= 0.6 is 0 Å². The molecule has 1 heterocycles. The Balaban J connectivity index is 2.22. The Bertz CT molecular complexity index is 644. The first-order valence-corrected chi connectivity index (χ1v) is 8.54. The number of sulfonamides is 1. The molecule has 1 aliphatic heterocycles. The van der Waals surface area contributed by atoms with Crippen LogP contribution in [0.15, 0.2) is 17.0 Å². The van der Waals surface area contributed by atoms with Crippen molar-refractivity contribution in [1.29, 1.82) is 0 Å². The summed E-state index contributed by atoms with van der Waals surface area (Å²) >= 11 is 0. The van der Waals surface area contributed by atoms with E-state index in [0.29, 0.717) is 24.4 Å². The fraction of sp³-hybridized carbons (Fsp3) is 0.533. The van der Waals surface area contributed by atoms with Crippen LogP contribution < -0.4 is 4.72 Å². The van der Waals surface area contributed by atoms with Gasteiger partial charge in [-0.15, -0.1) is 0 Å². The van der Waals surface area contributed by atoms with Crippen molar-refractivity contribution in [3.05, 3.63) is 28.8 Å². The van der Waals surface area contributed by atoms with Crippen LogP contribution in [0.25, 0.3) is 0 Å². The highest BCUT2D eigenvalue weighted by molar-refractivity contribution is 7.89. The standard InChI is InChI=1S/C15H22N2O3S/c1-10-7-11(2)15(12(3)8-10)21(19,20)16-14-5-6-17(9-14)13(4)18/h7-8,14,16H,5-6,9H2,1-4H3. The molecule has 1 saturated heterocycles. The molecule has 0 spiro atoms. The summed E-state index contributed by atoms with van der Waals surface area (Å²) < 4.78 is 27.9. The Morgan fingerprint density at radius 3 is 2.29 bits per heavy atom. The third-order valence-corrected chi connectivity index (χ3v) is 5.65. The fourth-order valence-corrected chi connectivity index (χ4v) is 4.73. The van der Waals surface area contributed by atoms with Crippen LogP contribution in [0, 0.1) is 20.8 Å². The van der Waals surface area contributed by atoms with Crippen molar-refractivity contribution in [1.82, 2.24) is 9.62 Å². The van der Waals surface area contributed by atoms with Crippen LogP contribution in [-0.4, -0.2) is 38.4 Å². The molecule has 1 atom stereocenters. The maximum absolute atomic E-state index is 12.6. The predicted molar refractivity (Wildman–Crippen MR) is 81.6 cm³/mol. The number of likely N-dealkylation sites (tertiary alicyclic amines) is 1. The van der Waals surface area contributed by atoms with Crippen molar-refractivity contribution in [2.75, 3.05) is 13.1 Å². The molecule has 0 aromatic heterocycles. The van der Waals surface area contributed by atoms with Gasteiger partial charge in [0.1, 0.15) is 0 Å². The Morgan fingerprint density at radius 1 is 1.24 bits per heavy atom. The molecular weight excluding hydrogens is 288 g/mol. The van der Waals surface area contributed by atoms with E-state index in [1.807, 2.05) is 32.9 Å². The van der Waals surface area contributed by atoms with Gasteiger partial charge in [-0.05, 0) is 38.3 Å². The summed E-state index contributed by atoms with van der Waals surface area (Å²) in [4.78, 5) is 13.3. The summed E-state index contributed by atoms with van der Waals surface area (Å²) in [7, 11) is -3.56. The first-order chi connectivity index (χ1) is 9.70. The van der Waals surface area contributed by atoms with Crippen LogP contribution in [0.4, 0.5) is 0 Å². The minimum atomic E-state index is -3.56. The summed E-state index contributed by atoms with van der Waals surface area (Å²) in [6.07, 6.45) is 0.656. The van der Waals surface area contributed by atoms with Gasteiger partial charge in [0.2, 0.25) is 15.9 Å². The van der Waals surface area contributed by atoms with E-state index in [1.54, 1.807) is 4.90 Å². The number of carbonyl (C=O) groups excluding carboxylic acids is 1. The number of rotatable bonds is 3. The average Bonchev–Trinajstić information content (AvgIpc) is 2.74. The van der Waals surface area contributed by atoms with Gasteiger partial charge in [0, 0.05) is 26.1 Å². The molecular formula is C15H22N2O3S. The zero-order chi connectivity index (χ0) is 15.8. The second kappa shape index (κ2) is 5.77. The first kappa shape index (κ1) is 16.0. The molecule has 1 N–H and O–H groups in total. The maximum Gasteiger partial charge on any atom is 0.241 e. The van der Waals surface area contributed by atoms with Crippen molar-refractivity contribution in [3.63, 3.8) is 0 Å². The maximum atomic E-state index is 12.6. The summed E-state index contributed by atoms with van der Waals surface area (Å²) in [6.45, 7) is 8.12. The van der Waals surface area contributed by atoms with Crippen LogP contribution in [-0.2, 0) is 14.8 Å². The van der Waals surface area contributed by atoms with Crippen LogP contribution in [0.1, 0.15) is 30.0 Å². The monoisotopic (exact) mass is 310 g/mol. The molecule has 1 fully saturated rings. The second-order valence-electron chi connectivity index (χ2n) is 5.80. The van der Waals surface area contributed by atoms with Gasteiger partial charge in [-0.1, -0.05) is 17.7 Å². The molecule has 0 aliphatic carbocycles. The number of hydrogen-bond donors (Lipinski definition) is 1.